The molecule has 230 valence electrons. The Morgan fingerprint density at radius 2 is 1.52 bits per heavy atom. The van der Waals surface area contributed by atoms with E-state index in [0.29, 0.717) is 18.1 Å². The fourth-order valence-corrected chi connectivity index (χ4v) is 6.12. The SMILES string of the molecule is CCCCCC1CCC(/C=C/c2ccc3c(F)c(-c4cc(F)c5c(F)c(C#CC(F)(F)F)c(F)cc5c4)c(F)cc3c2)CC1. The Balaban J connectivity index is 1.42. The van der Waals surface area contributed by atoms with E-state index in [9.17, 15) is 22.0 Å². The number of fused-ring (bicyclic) bond motifs is 2. The van der Waals surface area contributed by atoms with Gasteiger partial charge < -0.3 is 0 Å². The molecule has 44 heavy (non-hydrogen) atoms. The summed E-state index contributed by atoms with van der Waals surface area (Å²) in [4.78, 5) is 0. The number of hydrogen-bond donors (Lipinski definition) is 0. The molecular weight excluding hydrogens is 584 g/mol. The van der Waals surface area contributed by atoms with Crippen molar-refractivity contribution in [1.82, 2.24) is 0 Å². The second-order valence-electron chi connectivity index (χ2n) is 11.5. The summed E-state index contributed by atoms with van der Waals surface area (Å²) in [5.74, 6) is -3.09. The molecule has 0 unspecified atom stereocenters. The lowest BCUT2D eigenvalue weighted by Crippen LogP contribution is -2.12. The third-order valence-electron chi connectivity index (χ3n) is 8.42. The van der Waals surface area contributed by atoms with Crippen molar-refractivity contribution in [3.8, 4) is 23.0 Å². The summed E-state index contributed by atoms with van der Waals surface area (Å²) in [7, 11) is 0. The van der Waals surface area contributed by atoms with E-state index < -0.39 is 57.2 Å². The standard InChI is InChI=1S/C36H30F8/c1-2-3-4-5-21-6-8-22(9-7-21)10-11-23-12-13-27-24(16-23)18-30(38)32(34(27)40)26-17-25-19-29(37)28(14-15-36(42,43)44)35(41)33(25)31(39)20-26/h10-13,16-22H,2-9H2,1H3/b11-10+. The van der Waals surface area contributed by atoms with E-state index in [2.05, 4.69) is 13.0 Å². The predicted octanol–water partition coefficient (Wildman–Crippen LogP) is 11.7. The highest BCUT2D eigenvalue weighted by molar-refractivity contribution is 5.94. The molecule has 1 aliphatic carbocycles. The first-order valence-electron chi connectivity index (χ1n) is 14.8. The topological polar surface area (TPSA) is 0 Å². The van der Waals surface area contributed by atoms with E-state index in [4.69, 9.17) is 0 Å². The van der Waals surface area contributed by atoms with Gasteiger partial charge in [-0.2, -0.15) is 13.2 Å². The molecule has 0 heterocycles. The Morgan fingerprint density at radius 1 is 0.795 bits per heavy atom. The Morgan fingerprint density at radius 3 is 2.23 bits per heavy atom. The number of halogens is 8. The molecule has 0 amide bonds. The zero-order valence-corrected chi connectivity index (χ0v) is 24.0. The van der Waals surface area contributed by atoms with E-state index in [-0.39, 0.29) is 16.3 Å². The van der Waals surface area contributed by atoms with Gasteiger partial charge in [0.15, 0.2) is 5.82 Å². The van der Waals surface area contributed by atoms with E-state index in [1.54, 1.807) is 12.1 Å². The zero-order valence-electron chi connectivity index (χ0n) is 24.0. The average Bonchev–Trinajstić information content (AvgIpc) is 2.95. The van der Waals surface area contributed by atoms with Gasteiger partial charge in [0.05, 0.1) is 16.5 Å². The van der Waals surface area contributed by atoms with Crippen LogP contribution in [-0.4, -0.2) is 6.18 Å². The second-order valence-corrected chi connectivity index (χ2v) is 11.5. The van der Waals surface area contributed by atoms with Gasteiger partial charge in [0.25, 0.3) is 0 Å². The summed E-state index contributed by atoms with van der Waals surface area (Å²) in [6.07, 6.45) is 8.80. The highest BCUT2D eigenvalue weighted by atomic mass is 19.4. The molecule has 0 aromatic heterocycles. The minimum atomic E-state index is -5.02. The van der Waals surface area contributed by atoms with Gasteiger partial charge in [-0.05, 0) is 89.8 Å². The molecule has 0 spiro atoms. The lowest BCUT2D eigenvalue weighted by Gasteiger charge is -2.26. The minimum absolute atomic E-state index is 0.0711. The van der Waals surface area contributed by atoms with Crippen molar-refractivity contribution >= 4 is 27.6 Å². The maximum Gasteiger partial charge on any atom is 0.458 e. The number of allylic oxidation sites excluding steroid dienone is 1. The van der Waals surface area contributed by atoms with Crippen molar-refractivity contribution in [2.24, 2.45) is 11.8 Å². The van der Waals surface area contributed by atoms with Crippen LogP contribution in [0.3, 0.4) is 0 Å². The molecule has 0 bridgehead atoms. The van der Waals surface area contributed by atoms with Crippen molar-refractivity contribution in [3.63, 3.8) is 0 Å². The van der Waals surface area contributed by atoms with Crippen LogP contribution in [-0.2, 0) is 0 Å². The van der Waals surface area contributed by atoms with Crippen molar-refractivity contribution in [1.29, 1.82) is 0 Å². The molecule has 0 nitrogen and oxygen atoms in total. The zero-order chi connectivity index (χ0) is 31.6. The highest BCUT2D eigenvalue weighted by Crippen LogP contribution is 2.37. The third-order valence-corrected chi connectivity index (χ3v) is 8.42. The van der Waals surface area contributed by atoms with Gasteiger partial charge in [-0.15, -0.1) is 0 Å². The first-order chi connectivity index (χ1) is 20.9. The molecule has 0 saturated heterocycles. The van der Waals surface area contributed by atoms with Crippen LogP contribution in [0.1, 0.15) is 69.4 Å². The molecule has 0 aliphatic heterocycles. The quantitative estimate of drug-likeness (QED) is 0.110. The van der Waals surface area contributed by atoms with Gasteiger partial charge in [-0.25, -0.2) is 22.0 Å². The van der Waals surface area contributed by atoms with Crippen LogP contribution in [0.5, 0.6) is 0 Å². The van der Waals surface area contributed by atoms with E-state index in [1.807, 2.05) is 6.08 Å². The van der Waals surface area contributed by atoms with Crippen LogP contribution >= 0.6 is 0 Å². The predicted molar refractivity (Wildman–Crippen MR) is 158 cm³/mol. The maximum atomic E-state index is 15.7. The Hall–Kier alpha value is -3.86. The molecule has 0 N–H and O–H groups in total. The second kappa shape index (κ2) is 13.0. The number of rotatable bonds is 7. The van der Waals surface area contributed by atoms with E-state index >= 15 is 13.2 Å². The van der Waals surface area contributed by atoms with E-state index in [1.165, 1.54) is 50.5 Å². The molecule has 0 atom stereocenters. The molecule has 4 aromatic rings. The molecule has 1 aliphatic rings. The summed E-state index contributed by atoms with van der Waals surface area (Å²) in [5, 5.41) is -0.912. The highest BCUT2D eigenvalue weighted by Gasteiger charge is 2.25. The molecule has 5 rings (SSSR count). The molecule has 1 fully saturated rings. The molecule has 8 heteroatoms. The van der Waals surface area contributed by atoms with Crippen LogP contribution in [0.15, 0.2) is 48.5 Å². The lowest BCUT2D eigenvalue weighted by atomic mass is 9.79. The van der Waals surface area contributed by atoms with Crippen LogP contribution in [0, 0.1) is 52.8 Å². The van der Waals surface area contributed by atoms with Crippen LogP contribution in [0.25, 0.3) is 38.7 Å². The van der Waals surface area contributed by atoms with E-state index in [0.717, 1.165) is 42.4 Å². The molecular formula is C36H30F8. The summed E-state index contributed by atoms with van der Waals surface area (Å²) in [6.45, 7) is 2.21. The van der Waals surface area contributed by atoms with Gasteiger partial charge in [-0.1, -0.05) is 62.8 Å². The van der Waals surface area contributed by atoms with Gasteiger partial charge >= 0.3 is 6.18 Å². The van der Waals surface area contributed by atoms with Crippen molar-refractivity contribution in [2.75, 3.05) is 0 Å². The molecule has 4 aromatic carbocycles. The fraction of sp³-hybridized carbons (Fsp3) is 0.333. The molecule has 0 radical (unpaired) electrons. The summed E-state index contributed by atoms with van der Waals surface area (Å²) >= 11 is 0. The minimum Gasteiger partial charge on any atom is -0.206 e. The molecule has 1 saturated carbocycles. The number of benzene rings is 4. The van der Waals surface area contributed by atoms with Crippen molar-refractivity contribution in [3.05, 3.63) is 88.8 Å². The Kier molecular flexibility index (Phi) is 9.34. The monoisotopic (exact) mass is 614 g/mol. The Labute approximate surface area is 250 Å². The van der Waals surface area contributed by atoms with Crippen LogP contribution < -0.4 is 0 Å². The summed E-state index contributed by atoms with van der Waals surface area (Å²) in [6, 6.07) is 8.20. The van der Waals surface area contributed by atoms with Crippen LogP contribution in [0.4, 0.5) is 35.1 Å². The van der Waals surface area contributed by atoms with Gasteiger partial charge in [0.1, 0.15) is 23.3 Å². The number of hydrogen-bond acceptors (Lipinski definition) is 0. The maximum absolute atomic E-state index is 15.7. The largest absolute Gasteiger partial charge is 0.458 e. The average molecular weight is 615 g/mol. The van der Waals surface area contributed by atoms with Crippen molar-refractivity contribution < 1.29 is 35.1 Å². The fourth-order valence-electron chi connectivity index (χ4n) is 6.12. The summed E-state index contributed by atoms with van der Waals surface area (Å²) in [5.41, 5.74) is -1.40. The first kappa shape index (κ1) is 31.6. The number of unbranched alkanes of at least 4 members (excludes halogenated alkanes) is 2. The lowest BCUT2D eigenvalue weighted by molar-refractivity contribution is -0.0696. The van der Waals surface area contributed by atoms with Crippen molar-refractivity contribution in [2.45, 2.75) is 64.5 Å². The Bertz CT molecular complexity index is 1780. The number of alkyl halides is 3. The third kappa shape index (κ3) is 6.93. The van der Waals surface area contributed by atoms with Gasteiger partial charge in [0, 0.05) is 11.3 Å². The first-order valence-corrected chi connectivity index (χ1v) is 14.8. The smallest absolute Gasteiger partial charge is 0.206 e. The van der Waals surface area contributed by atoms with Gasteiger partial charge in [-0.3, -0.25) is 0 Å². The van der Waals surface area contributed by atoms with Gasteiger partial charge in [0.2, 0.25) is 0 Å². The normalized spacial score (nSPS) is 17.4. The van der Waals surface area contributed by atoms with Crippen LogP contribution in [0.2, 0.25) is 0 Å². The summed E-state index contributed by atoms with van der Waals surface area (Å²) < 4.78 is 113.